The van der Waals surface area contributed by atoms with Gasteiger partial charge in [0.15, 0.2) is 0 Å². The lowest BCUT2D eigenvalue weighted by Crippen LogP contribution is -2.45. The summed E-state index contributed by atoms with van der Waals surface area (Å²) in [7, 11) is 0. The summed E-state index contributed by atoms with van der Waals surface area (Å²) in [4.78, 5) is 7.38. The van der Waals surface area contributed by atoms with Gasteiger partial charge < -0.3 is 15.1 Å². The molecule has 2 heterocycles. The zero-order valence-corrected chi connectivity index (χ0v) is 18.1. The maximum atomic E-state index is 3.74. The highest BCUT2D eigenvalue weighted by Crippen LogP contribution is 1.99. The van der Waals surface area contributed by atoms with Gasteiger partial charge in [-0.25, -0.2) is 0 Å². The van der Waals surface area contributed by atoms with E-state index in [0.717, 1.165) is 11.9 Å². The van der Waals surface area contributed by atoms with Crippen molar-refractivity contribution in [2.24, 2.45) is 0 Å². The highest BCUT2D eigenvalue weighted by Gasteiger charge is 2.13. The summed E-state index contributed by atoms with van der Waals surface area (Å²) in [5.74, 6) is 0. The van der Waals surface area contributed by atoms with Crippen LogP contribution in [0.15, 0.2) is 25.3 Å². The first-order valence-electron chi connectivity index (χ1n) is 8.87. The average molecular weight is 442 g/mol. The molecule has 25 heavy (non-hydrogen) atoms. The molecule has 0 unspecified atom stereocenters. The predicted octanol–water partition coefficient (Wildman–Crippen LogP) is 3.35. The molecule has 152 valence electrons. The molecule has 0 aliphatic carbocycles. The van der Waals surface area contributed by atoms with Gasteiger partial charge in [-0.3, -0.25) is 4.90 Å². The third kappa shape index (κ3) is 17.3. The molecule has 6 heteroatoms. The normalized spacial score (nSPS) is 18.2. The Balaban J connectivity index is -0.000000308. The topological polar surface area (TPSA) is 21.8 Å². The first-order chi connectivity index (χ1) is 11.2. The smallest absolute Gasteiger partial charge is 0.0209 e. The van der Waals surface area contributed by atoms with E-state index in [9.17, 15) is 0 Å². The Kier molecular flexibility index (Phi) is 26.4. The zero-order chi connectivity index (χ0) is 17.3. The molecule has 2 fully saturated rings. The van der Waals surface area contributed by atoms with Crippen molar-refractivity contribution < 1.29 is 0 Å². The van der Waals surface area contributed by atoms with Gasteiger partial charge in [-0.1, -0.05) is 49.4 Å². The maximum Gasteiger partial charge on any atom is 0.0209 e. The Hall–Kier alpha value is 0.0900. The van der Waals surface area contributed by atoms with Gasteiger partial charge in [0.25, 0.3) is 0 Å². The van der Waals surface area contributed by atoms with Crippen LogP contribution in [0, 0.1) is 0 Å². The van der Waals surface area contributed by atoms with E-state index in [1.165, 1.54) is 65.4 Å². The Morgan fingerprint density at radius 3 is 1.56 bits per heavy atom. The average Bonchev–Trinajstić information content (AvgIpc) is 2.64. The van der Waals surface area contributed by atoms with Crippen LogP contribution in [0.3, 0.4) is 0 Å². The molecule has 0 radical (unpaired) electrons. The Morgan fingerprint density at radius 1 is 0.840 bits per heavy atom. The van der Waals surface area contributed by atoms with Crippen LogP contribution < -0.4 is 5.32 Å². The number of piperazine rings is 2. The van der Waals surface area contributed by atoms with Crippen molar-refractivity contribution in [3.63, 3.8) is 0 Å². The Labute approximate surface area is 172 Å². The van der Waals surface area contributed by atoms with Crippen LogP contribution in [0.1, 0.15) is 21.3 Å². The second-order valence-corrected chi connectivity index (χ2v) is 6.30. The third-order valence-corrected chi connectivity index (χ3v) is 4.52. The van der Waals surface area contributed by atoms with Gasteiger partial charge >= 0.3 is 0 Å². The van der Waals surface area contributed by atoms with Gasteiger partial charge in [-0.2, -0.15) is 0 Å². The molecule has 1 N–H and O–H groups in total. The van der Waals surface area contributed by atoms with E-state index in [-0.39, 0.29) is 19.8 Å². The summed E-state index contributed by atoms with van der Waals surface area (Å²) in [6.07, 6.45) is 3.78. The summed E-state index contributed by atoms with van der Waals surface area (Å²) in [6.45, 7) is 24.8. The lowest BCUT2D eigenvalue weighted by molar-refractivity contribution is 0.148. The standard InChI is InChI=1S/C9H18N2.C6H14N2.C3H5Br.CH4.ClH/c1-3-5-11-8-6-10(4-2)7-9-11;1-2-8-5-3-7-4-6-8;1-2-3-4;;/h3H,1,4-9H2,2H3;7H,2-6H2,1H3;2H,1,3H2;1H4;1H. The Bertz CT molecular complexity index is 279. The van der Waals surface area contributed by atoms with Crippen molar-refractivity contribution in [3.8, 4) is 0 Å². The minimum Gasteiger partial charge on any atom is -0.314 e. The van der Waals surface area contributed by atoms with Crippen molar-refractivity contribution >= 4 is 28.3 Å². The minimum absolute atomic E-state index is 0. The summed E-state index contributed by atoms with van der Waals surface area (Å²) in [5, 5.41) is 4.20. The molecule has 0 aromatic rings. The molecule has 4 nitrogen and oxygen atoms in total. The molecule has 2 saturated heterocycles. The van der Waals surface area contributed by atoms with Crippen molar-refractivity contribution in [1.29, 1.82) is 0 Å². The molecule has 2 aliphatic rings. The van der Waals surface area contributed by atoms with Crippen molar-refractivity contribution in [1.82, 2.24) is 20.0 Å². The summed E-state index contributed by atoms with van der Waals surface area (Å²) in [6, 6.07) is 0. The highest BCUT2D eigenvalue weighted by molar-refractivity contribution is 9.09. The van der Waals surface area contributed by atoms with Gasteiger partial charge in [0.1, 0.15) is 0 Å². The molecular formula is C19H42BrClN4. The lowest BCUT2D eigenvalue weighted by Gasteiger charge is -2.33. The number of alkyl halides is 1. The molecule has 2 rings (SSSR count). The van der Waals surface area contributed by atoms with Crippen molar-refractivity contribution in [3.05, 3.63) is 25.3 Å². The molecule has 0 aromatic carbocycles. The summed E-state index contributed by atoms with van der Waals surface area (Å²) in [5.41, 5.74) is 0. The number of allylic oxidation sites excluding steroid dienone is 1. The van der Waals surface area contributed by atoms with E-state index in [1.54, 1.807) is 6.08 Å². The molecule has 2 aliphatic heterocycles. The van der Waals surface area contributed by atoms with E-state index in [1.807, 2.05) is 6.08 Å². The number of nitrogens with one attached hydrogen (secondary N) is 1. The number of hydrogen-bond acceptors (Lipinski definition) is 4. The fourth-order valence-electron chi connectivity index (χ4n) is 2.50. The van der Waals surface area contributed by atoms with Crippen LogP contribution in [-0.2, 0) is 0 Å². The largest absolute Gasteiger partial charge is 0.314 e. The van der Waals surface area contributed by atoms with Crippen LogP contribution in [0.25, 0.3) is 0 Å². The van der Waals surface area contributed by atoms with Gasteiger partial charge in [0, 0.05) is 64.2 Å². The van der Waals surface area contributed by atoms with Crippen molar-refractivity contribution in [2.45, 2.75) is 21.3 Å². The van der Waals surface area contributed by atoms with Gasteiger partial charge in [-0.05, 0) is 13.1 Å². The molecule has 0 spiro atoms. The molecule has 0 amide bonds. The lowest BCUT2D eigenvalue weighted by atomic mass is 10.3. The van der Waals surface area contributed by atoms with E-state index in [4.69, 9.17) is 0 Å². The zero-order valence-electron chi connectivity index (χ0n) is 15.7. The molecular weight excluding hydrogens is 400 g/mol. The molecule has 0 aromatic heterocycles. The van der Waals surface area contributed by atoms with E-state index >= 15 is 0 Å². The number of likely N-dealkylation sites (N-methyl/N-ethyl adjacent to an activating group) is 2. The van der Waals surface area contributed by atoms with Gasteiger partial charge in [-0.15, -0.1) is 25.6 Å². The summed E-state index contributed by atoms with van der Waals surface area (Å²) >= 11 is 3.13. The molecule has 0 atom stereocenters. The predicted molar refractivity (Wildman–Crippen MR) is 122 cm³/mol. The van der Waals surface area contributed by atoms with Crippen LogP contribution in [-0.4, -0.2) is 92.0 Å². The van der Waals surface area contributed by atoms with E-state index in [2.05, 4.69) is 63.0 Å². The number of nitrogens with zero attached hydrogens (tertiary/aromatic N) is 3. The Morgan fingerprint density at radius 2 is 1.24 bits per heavy atom. The number of halogens is 2. The van der Waals surface area contributed by atoms with Crippen LogP contribution in [0.2, 0.25) is 0 Å². The molecule has 0 bridgehead atoms. The first kappa shape index (κ1) is 29.8. The van der Waals surface area contributed by atoms with Crippen LogP contribution >= 0.6 is 28.3 Å². The monoisotopic (exact) mass is 440 g/mol. The summed E-state index contributed by atoms with van der Waals surface area (Å²) < 4.78 is 0. The van der Waals surface area contributed by atoms with Gasteiger partial charge in [0.05, 0.1) is 0 Å². The minimum atomic E-state index is 0. The fourth-order valence-corrected chi connectivity index (χ4v) is 2.50. The first-order valence-corrected chi connectivity index (χ1v) is 9.99. The maximum absolute atomic E-state index is 3.74. The quantitative estimate of drug-likeness (QED) is 0.521. The van der Waals surface area contributed by atoms with Gasteiger partial charge in [0.2, 0.25) is 0 Å². The number of hydrogen-bond donors (Lipinski definition) is 1. The van der Waals surface area contributed by atoms with Crippen LogP contribution in [0.4, 0.5) is 0 Å². The second-order valence-electron chi connectivity index (χ2n) is 5.65. The van der Waals surface area contributed by atoms with E-state index in [0.29, 0.717) is 0 Å². The van der Waals surface area contributed by atoms with E-state index < -0.39 is 0 Å². The number of rotatable bonds is 5. The second kappa shape index (κ2) is 22.1. The SMILES string of the molecule is C.C=CCBr.C=CCN1CCN(CC)CC1.CCN1CCNCC1.Cl. The van der Waals surface area contributed by atoms with Crippen LogP contribution in [0.5, 0.6) is 0 Å². The highest BCUT2D eigenvalue weighted by atomic mass is 79.9. The molecule has 0 saturated carbocycles. The van der Waals surface area contributed by atoms with Crippen molar-refractivity contribution in [2.75, 3.05) is 77.3 Å². The third-order valence-electron chi connectivity index (χ3n) is 4.07. The fraction of sp³-hybridized carbons (Fsp3) is 0.789.